The molecule has 0 bridgehead atoms. The summed E-state index contributed by atoms with van der Waals surface area (Å²) in [5.74, 6) is 0.640. The molecule has 0 saturated carbocycles. The Hall–Kier alpha value is -12.6. The minimum Gasteiger partial charge on any atom is -0.309 e. The van der Waals surface area contributed by atoms with Crippen LogP contribution in [0, 0.1) is 0 Å². The van der Waals surface area contributed by atoms with E-state index in [4.69, 9.17) is 9.97 Å². The SMILES string of the molecule is CC(C)(C)c1ccc2cc(-c3nc(-c4cc(-n5c6ccccc6c6c(-c7cccc8c7c7ccccc7n8-c7ccccc7)cccc65)cc(-n5c6ccccc6c6c(-c7cccc8c7c7ccccc7n8-c7ccccc7)cccc65)c4)nc4c3ccc3ccccc34)ccc2c1. The molecule has 0 atom stereocenters. The summed E-state index contributed by atoms with van der Waals surface area (Å²) in [6.07, 6.45) is 0. The Morgan fingerprint density at radius 3 is 1.08 bits per heavy atom. The van der Waals surface area contributed by atoms with Crippen molar-refractivity contribution in [2.24, 2.45) is 0 Å². The fourth-order valence-corrected chi connectivity index (χ4v) is 16.3. The molecule has 0 unspecified atom stereocenters. The Labute approximate surface area is 565 Å². The highest BCUT2D eigenvalue weighted by molar-refractivity contribution is 6.24. The fraction of sp³-hybridized carbons (Fsp3) is 0.0435. The molecule has 460 valence electrons. The van der Waals surface area contributed by atoms with Gasteiger partial charge in [-0.1, -0.05) is 239 Å². The van der Waals surface area contributed by atoms with Gasteiger partial charge in [0.05, 0.1) is 55.3 Å². The maximum atomic E-state index is 5.84. The number of aromatic nitrogens is 6. The molecular weight excluding hydrogens is 1190 g/mol. The Bertz CT molecular complexity index is 6420. The minimum atomic E-state index is 0.0162. The molecule has 0 aliphatic heterocycles. The molecule has 98 heavy (non-hydrogen) atoms. The van der Waals surface area contributed by atoms with Gasteiger partial charge in [-0.15, -0.1) is 0 Å². The van der Waals surface area contributed by atoms with Gasteiger partial charge in [-0.3, -0.25) is 0 Å². The Kier molecular flexibility index (Phi) is 12.2. The van der Waals surface area contributed by atoms with Crippen molar-refractivity contribution in [3.05, 3.63) is 327 Å². The zero-order chi connectivity index (χ0) is 64.9. The van der Waals surface area contributed by atoms with Crippen LogP contribution in [-0.4, -0.2) is 28.2 Å². The summed E-state index contributed by atoms with van der Waals surface area (Å²) < 4.78 is 9.81. The van der Waals surface area contributed by atoms with Crippen molar-refractivity contribution in [2.75, 3.05) is 0 Å². The number of hydrogen-bond donors (Lipinski definition) is 0. The highest BCUT2D eigenvalue weighted by Crippen LogP contribution is 2.48. The van der Waals surface area contributed by atoms with Crippen molar-refractivity contribution in [1.29, 1.82) is 0 Å². The van der Waals surface area contributed by atoms with Crippen LogP contribution >= 0.6 is 0 Å². The molecule has 20 rings (SSSR count). The van der Waals surface area contributed by atoms with E-state index in [9.17, 15) is 0 Å². The molecule has 5 aromatic heterocycles. The van der Waals surface area contributed by atoms with Crippen LogP contribution in [0.3, 0.4) is 0 Å². The Morgan fingerprint density at radius 1 is 0.245 bits per heavy atom. The topological polar surface area (TPSA) is 45.5 Å². The molecule has 0 amide bonds. The fourth-order valence-electron chi connectivity index (χ4n) is 16.3. The molecule has 20 aromatic rings. The van der Waals surface area contributed by atoms with Gasteiger partial charge in [-0.05, 0) is 153 Å². The number of fused-ring (bicyclic) bond motifs is 16. The van der Waals surface area contributed by atoms with Gasteiger partial charge in [0.1, 0.15) is 0 Å². The molecule has 0 spiro atoms. The third-order valence-corrected chi connectivity index (χ3v) is 20.6. The van der Waals surface area contributed by atoms with Crippen LogP contribution in [0.25, 0.3) is 187 Å². The molecule has 6 heteroatoms. The van der Waals surface area contributed by atoms with E-state index in [1.807, 2.05) is 0 Å². The number of para-hydroxylation sites is 6. The van der Waals surface area contributed by atoms with Crippen molar-refractivity contribution >= 4 is 120 Å². The van der Waals surface area contributed by atoms with E-state index in [1.165, 1.54) is 104 Å². The second kappa shape index (κ2) is 21.4. The predicted molar refractivity (Wildman–Crippen MR) is 412 cm³/mol. The van der Waals surface area contributed by atoms with Gasteiger partial charge in [0, 0.05) is 87.7 Å². The summed E-state index contributed by atoms with van der Waals surface area (Å²) >= 11 is 0. The van der Waals surface area contributed by atoms with Gasteiger partial charge < -0.3 is 18.3 Å². The maximum Gasteiger partial charge on any atom is 0.160 e. The second-order valence-corrected chi connectivity index (χ2v) is 27.2. The van der Waals surface area contributed by atoms with Crippen LogP contribution in [-0.2, 0) is 5.41 Å². The van der Waals surface area contributed by atoms with Gasteiger partial charge in [-0.2, -0.15) is 0 Å². The molecule has 0 aliphatic rings. The lowest BCUT2D eigenvalue weighted by molar-refractivity contribution is 0.591. The number of hydrogen-bond acceptors (Lipinski definition) is 2. The average molecular weight is 1250 g/mol. The van der Waals surface area contributed by atoms with E-state index in [2.05, 4.69) is 361 Å². The Morgan fingerprint density at radius 2 is 0.622 bits per heavy atom. The highest BCUT2D eigenvalue weighted by Gasteiger charge is 2.26. The van der Waals surface area contributed by atoms with E-state index in [0.29, 0.717) is 5.82 Å². The van der Waals surface area contributed by atoms with E-state index in [1.54, 1.807) is 0 Å². The summed E-state index contributed by atoms with van der Waals surface area (Å²) in [6.45, 7) is 6.84. The van der Waals surface area contributed by atoms with Crippen LogP contribution in [0.5, 0.6) is 0 Å². The highest BCUT2D eigenvalue weighted by atomic mass is 15.0. The van der Waals surface area contributed by atoms with Crippen LogP contribution in [0.4, 0.5) is 0 Å². The molecule has 0 N–H and O–H groups in total. The zero-order valence-corrected chi connectivity index (χ0v) is 54.3. The van der Waals surface area contributed by atoms with Crippen molar-refractivity contribution in [2.45, 2.75) is 26.2 Å². The first-order valence-corrected chi connectivity index (χ1v) is 33.9. The molecule has 5 heterocycles. The largest absolute Gasteiger partial charge is 0.309 e. The lowest BCUT2D eigenvalue weighted by atomic mass is 9.85. The van der Waals surface area contributed by atoms with E-state index >= 15 is 0 Å². The van der Waals surface area contributed by atoms with Gasteiger partial charge in [0.2, 0.25) is 0 Å². The summed E-state index contributed by atoms with van der Waals surface area (Å²) in [4.78, 5) is 11.6. The van der Waals surface area contributed by atoms with E-state index in [-0.39, 0.29) is 5.41 Å². The Balaban J connectivity index is 0.873. The van der Waals surface area contributed by atoms with Crippen LogP contribution in [0.15, 0.2) is 322 Å². The second-order valence-electron chi connectivity index (χ2n) is 27.2. The number of benzene rings is 15. The van der Waals surface area contributed by atoms with E-state index in [0.717, 1.165) is 83.3 Å². The molecule has 0 aliphatic carbocycles. The van der Waals surface area contributed by atoms with Crippen molar-refractivity contribution < 1.29 is 0 Å². The van der Waals surface area contributed by atoms with Gasteiger partial charge >= 0.3 is 0 Å². The normalized spacial score (nSPS) is 12.2. The van der Waals surface area contributed by atoms with Gasteiger partial charge in [0.25, 0.3) is 0 Å². The third kappa shape index (κ3) is 8.41. The first-order chi connectivity index (χ1) is 48.3. The summed E-state index contributed by atoms with van der Waals surface area (Å²) in [7, 11) is 0. The number of nitrogens with zero attached hydrogens (tertiary/aromatic N) is 6. The molecule has 6 nitrogen and oxygen atoms in total. The van der Waals surface area contributed by atoms with Crippen LogP contribution in [0.1, 0.15) is 26.3 Å². The van der Waals surface area contributed by atoms with Gasteiger partial charge in [0.15, 0.2) is 5.82 Å². The zero-order valence-electron chi connectivity index (χ0n) is 54.3. The molecule has 0 saturated heterocycles. The monoisotopic (exact) mass is 1250 g/mol. The quantitative estimate of drug-likeness (QED) is 0.142. The minimum absolute atomic E-state index is 0.0162. The van der Waals surface area contributed by atoms with E-state index < -0.39 is 0 Å². The lowest BCUT2D eigenvalue weighted by Crippen LogP contribution is -2.10. The van der Waals surface area contributed by atoms with Crippen molar-refractivity contribution in [3.63, 3.8) is 0 Å². The molecule has 0 radical (unpaired) electrons. The van der Waals surface area contributed by atoms with Crippen LogP contribution < -0.4 is 0 Å². The summed E-state index contributed by atoms with van der Waals surface area (Å²) in [6, 6.07) is 118. The standard InChI is InChI=1S/C92H62N6/c1-92(2,3)62-50-48-58-52-60(47-46-59(58)53-62)89-76-51-49-57-24-10-11-29-67(57)90(76)94-91(93-89)61-54-65(97-79-40-18-14-32-74(79)87-70(36-22-44-83(87)97)68-34-20-42-81-85(68)72-30-12-16-38-77(72)95(81)63-25-6-4-7-26-63)56-66(55-61)98-80-41-19-15-33-75(80)88-71(37-23-45-84(88)98)69-35-21-43-82-86(69)73-31-13-17-39-78(73)96(82)64-27-8-5-9-28-64/h4-56H,1-3H3. The van der Waals surface area contributed by atoms with Crippen molar-refractivity contribution in [1.82, 2.24) is 28.2 Å². The lowest BCUT2D eigenvalue weighted by Gasteiger charge is -2.19. The van der Waals surface area contributed by atoms with Crippen LogP contribution in [0.2, 0.25) is 0 Å². The number of rotatable bonds is 8. The molecule has 15 aromatic carbocycles. The van der Waals surface area contributed by atoms with Crippen molar-refractivity contribution in [3.8, 4) is 67.6 Å². The smallest absolute Gasteiger partial charge is 0.160 e. The summed E-state index contributed by atoms with van der Waals surface area (Å²) in [5, 5.41) is 15.2. The third-order valence-electron chi connectivity index (χ3n) is 20.6. The average Bonchev–Trinajstić information content (AvgIpc) is 1.53. The molecule has 0 fully saturated rings. The first kappa shape index (κ1) is 55.8. The predicted octanol–water partition coefficient (Wildman–Crippen LogP) is 24.3. The first-order valence-electron chi connectivity index (χ1n) is 33.9. The summed E-state index contributed by atoms with van der Waals surface area (Å²) in [5.41, 5.74) is 23.1. The molecular formula is C92H62N6. The maximum absolute atomic E-state index is 5.84. The van der Waals surface area contributed by atoms with Gasteiger partial charge in [-0.25, -0.2) is 9.97 Å².